The van der Waals surface area contributed by atoms with Gasteiger partial charge < -0.3 is 5.32 Å². The zero-order valence-electron chi connectivity index (χ0n) is 14.2. The molecule has 0 bridgehead atoms. The fourth-order valence-electron chi connectivity index (χ4n) is 3.49. The first-order chi connectivity index (χ1) is 11.9. The summed E-state index contributed by atoms with van der Waals surface area (Å²) < 4.78 is 39.7. The van der Waals surface area contributed by atoms with Crippen molar-refractivity contribution < 1.29 is 17.6 Å². The van der Waals surface area contributed by atoms with E-state index in [4.69, 9.17) is 0 Å². The van der Waals surface area contributed by atoms with Crippen LogP contribution in [0.1, 0.15) is 44.2 Å². The van der Waals surface area contributed by atoms with Crippen molar-refractivity contribution in [1.29, 1.82) is 0 Å². The molecule has 1 N–H and O–H groups in total. The second-order valence-corrected chi connectivity index (χ2v) is 9.64. The Balaban J connectivity index is 1.76. The molecule has 2 atom stereocenters. The van der Waals surface area contributed by atoms with Crippen molar-refractivity contribution in [3.05, 3.63) is 29.6 Å². The van der Waals surface area contributed by atoms with Gasteiger partial charge in [-0.1, -0.05) is 6.92 Å². The number of fused-ring (bicyclic) bond motifs is 1. The summed E-state index contributed by atoms with van der Waals surface area (Å²) in [5.41, 5.74) is 0.783. The molecule has 1 fully saturated rings. The predicted molar refractivity (Wildman–Crippen MR) is 96.4 cm³/mol. The Hall–Kier alpha value is -1.12. The third-order valence-electron chi connectivity index (χ3n) is 4.65. The summed E-state index contributed by atoms with van der Waals surface area (Å²) in [5, 5.41) is 2.96. The van der Waals surface area contributed by atoms with Gasteiger partial charge in [-0.05, 0) is 49.4 Å². The maximum atomic E-state index is 13.6. The van der Waals surface area contributed by atoms with Gasteiger partial charge in [-0.3, -0.25) is 4.79 Å². The molecule has 0 spiro atoms. The first-order valence-corrected chi connectivity index (χ1v) is 11.2. The van der Waals surface area contributed by atoms with Crippen molar-refractivity contribution in [2.45, 2.75) is 49.6 Å². The SMILES string of the molecule is CCCS(=O)(=O)N1CCCC1C(=O)NC1CCSc2ccc(F)cc21. The van der Waals surface area contributed by atoms with E-state index in [9.17, 15) is 17.6 Å². The molecular weight excluding hydrogens is 363 g/mol. The average Bonchev–Trinajstić information content (AvgIpc) is 3.06. The Bertz CT molecular complexity index is 754. The number of benzene rings is 1. The van der Waals surface area contributed by atoms with Crippen LogP contribution in [0.2, 0.25) is 0 Å². The van der Waals surface area contributed by atoms with E-state index in [0.717, 1.165) is 16.2 Å². The Morgan fingerprint density at radius 1 is 1.40 bits per heavy atom. The van der Waals surface area contributed by atoms with E-state index in [1.165, 1.54) is 16.4 Å². The van der Waals surface area contributed by atoms with Crippen molar-refractivity contribution in [2.24, 2.45) is 0 Å². The molecule has 138 valence electrons. The van der Waals surface area contributed by atoms with Crippen LogP contribution in [-0.2, 0) is 14.8 Å². The highest BCUT2D eigenvalue weighted by Gasteiger charge is 2.39. The summed E-state index contributed by atoms with van der Waals surface area (Å²) in [6, 6.07) is 3.71. The minimum Gasteiger partial charge on any atom is -0.348 e. The first-order valence-electron chi connectivity index (χ1n) is 8.64. The summed E-state index contributed by atoms with van der Waals surface area (Å²) in [6.07, 6.45) is 2.46. The normalized spacial score (nSPS) is 24.1. The van der Waals surface area contributed by atoms with Crippen LogP contribution in [0.3, 0.4) is 0 Å². The highest BCUT2D eigenvalue weighted by atomic mass is 32.2. The van der Waals surface area contributed by atoms with E-state index in [1.54, 1.807) is 17.8 Å². The number of sulfonamides is 1. The maximum absolute atomic E-state index is 13.6. The second kappa shape index (κ2) is 7.63. The molecule has 2 unspecified atom stereocenters. The fraction of sp³-hybridized carbons (Fsp3) is 0.588. The molecule has 0 saturated carbocycles. The molecule has 2 aliphatic heterocycles. The van der Waals surface area contributed by atoms with E-state index in [2.05, 4.69) is 5.32 Å². The minimum atomic E-state index is -3.40. The molecular formula is C17H23FN2O3S2. The van der Waals surface area contributed by atoms with Crippen LogP contribution in [-0.4, -0.2) is 42.7 Å². The predicted octanol–water partition coefficient (Wildman–Crippen LogP) is 2.68. The lowest BCUT2D eigenvalue weighted by Crippen LogP contribution is -2.47. The molecule has 1 saturated heterocycles. The number of carbonyl (C=O) groups excluding carboxylic acids is 1. The Labute approximate surface area is 152 Å². The third-order valence-corrected chi connectivity index (χ3v) is 7.85. The zero-order chi connectivity index (χ0) is 18.0. The van der Waals surface area contributed by atoms with Gasteiger partial charge in [-0.15, -0.1) is 11.8 Å². The molecule has 1 aromatic rings. The largest absolute Gasteiger partial charge is 0.348 e. The quantitative estimate of drug-likeness (QED) is 0.845. The summed E-state index contributed by atoms with van der Waals surface area (Å²) in [6.45, 7) is 2.21. The number of hydrogen-bond acceptors (Lipinski definition) is 4. The molecule has 5 nitrogen and oxygen atoms in total. The second-order valence-electron chi connectivity index (χ2n) is 6.47. The van der Waals surface area contributed by atoms with Gasteiger partial charge in [-0.2, -0.15) is 4.31 Å². The molecule has 8 heteroatoms. The van der Waals surface area contributed by atoms with E-state index in [0.29, 0.717) is 32.2 Å². The van der Waals surface area contributed by atoms with Crippen molar-refractivity contribution in [3.8, 4) is 0 Å². The standard InChI is InChI=1S/C17H23FN2O3S2/c1-2-10-25(22,23)20-8-3-4-15(20)17(21)19-14-7-9-24-16-6-5-12(18)11-13(14)16/h5-6,11,14-15H,2-4,7-10H2,1H3,(H,19,21). The van der Waals surface area contributed by atoms with Crippen LogP contribution in [0.15, 0.2) is 23.1 Å². The summed E-state index contributed by atoms with van der Waals surface area (Å²) >= 11 is 1.65. The van der Waals surface area contributed by atoms with Crippen LogP contribution in [0.4, 0.5) is 4.39 Å². The lowest BCUT2D eigenvalue weighted by Gasteiger charge is -2.29. The molecule has 25 heavy (non-hydrogen) atoms. The molecule has 0 aliphatic carbocycles. The van der Waals surface area contributed by atoms with Crippen LogP contribution < -0.4 is 5.32 Å². The fourth-order valence-corrected chi connectivity index (χ4v) is 6.35. The van der Waals surface area contributed by atoms with Gasteiger partial charge in [-0.25, -0.2) is 12.8 Å². The highest BCUT2D eigenvalue weighted by molar-refractivity contribution is 7.99. The molecule has 2 heterocycles. The number of nitrogens with one attached hydrogen (secondary N) is 1. The Kier molecular flexibility index (Phi) is 5.70. The van der Waals surface area contributed by atoms with E-state index in [1.807, 2.05) is 6.92 Å². The molecule has 0 aromatic heterocycles. The van der Waals surface area contributed by atoms with Crippen LogP contribution in [0.5, 0.6) is 0 Å². The van der Waals surface area contributed by atoms with E-state index in [-0.39, 0.29) is 23.5 Å². The van der Waals surface area contributed by atoms with E-state index < -0.39 is 16.1 Å². The molecule has 0 radical (unpaired) electrons. The summed E-state index contributed by atoms with van der Waals surface area (Å²) in [5.74, 6) is 0.301. The maximum Gasteiger partial charge on any atom is 0.238 e. The summed E-state index contributed by atoms with van der Waals surface area (Å²) in [7, 11) is -3.40. The monoisotopic (exact) mass is 386 g/mol. The van der Waals surface area contributed by atoms with Crippen LogP contribution in [0, 0.1) is 5.82 Å². The van der Waals surface area contributed by atoms with Gasteiger partial charge in [0.2, 0.25) is 15.9 Å². The zero-order valence-corrected chi connectivity index (χ0v) is 15.8. The third kappa shape index (κ3) is 4.01. The topological polar surface area (TPSA) is 66.5 Å². The van der Waals surface area contributed by atoms with E-state index >= 15 is 0 Å². The lowest BCUT2D eigenvalue weighted by molar-refractivity contribution is -0.125. The van der Waals surface area contributed by atoms with Crippen molar-refractivity contribution in [2.75, 3.05) is 18.1 Å². The molecule has 3 rings (SSSR count). The number of hydrogen-bond donors (Lipinski definition) is 1. The van der Waals surface area contributed by atoms with Crippen molar-refractivity contribution >= 4 is 27.7 Å². The molecule has 1 aromatic carbocycles. The van der Waals surface area contributed by atoms with Crippen molar-refractivity contribution in [1.82, 2.24) is 9.62 Å². The van der Waals surface area contributed by atoms with Gasteiger partial charge in [0, 0.05) is 17.2 Å². The number of halogens is 1. The molecule has 1 amide bonds. The lowest BCUT2D eigenvalue weighted by atomic mass is 10.0. The number of amides is 1. The highest BCUT2D eigenvalue weighted by Crippen LogP contribution is 2.36. The van der Waals surface area contributed by atoms with Gasteiger partial charge in [0.1, 0.15) is 11.9 Å². The smallest absolute Gasteiger partial charge is 0.238 e. The minimum absolute atomic E-state index is 0.0604. The Morgan fingerprint density at radius 3 is 2.96 bits per heavy atom. The number of rotatable bonds is 5. The Morgan fingerprint density at radius 2 is 2.20 bits per heavy atom. The van der Waals surface area contributed by atoms with Gasteiger partial charge >= 0.3 is 0 Å². The molecule has 2 aliphatic rings. The number of carbonyl (C=O) groups is 1. The van der Waals surface area contributed by atoms with Crippen LogP contribution >= 0.6 is 11.8 Å². The number of nitrogens with zero attached hydrogens (tertiary/aromatic N) is 1. The number of thioether (sulfide) groups is 1. The summed E-state index contributed by atoms with van der Waals surface area (Å²) in [4.78, 5) is 13.7. The van der Waals surface area contributed by atoms with Gasteiger partial charge in [0.05, 0.1) is 11.8 Å². The average molecular weight is 387 g/mol. The first kappa shape index (κ1) is 18.7. The van der Waals surface area contributed by atoms with Gasteiger partial charge in [0.25, 0.3) is 0 Å². The van der Waals surface area contributed by atoms with Crippen molar-refractivity contribution in [3.63, 3.8) is 0 Å². The van der Waals surface area contributed by atoms with Gasteiger partial charge in [0.15, 0.2) is 0 Å². The van der Waals surface area contributed by atoms with Crippen LogP contribution in [0.25, 0.3) is 0 Å².